The fourth-order valence-corrected chi connectivity index (χ4v) is 2.34. The molecule has 0 saturated carbocycles. The molecule has 0 radical (unpaired) electrons. The van der Waals surface area contributed by atoms with E-state index in [1.165, 1.54) is 6.07 Å². The first-order valence-electron chi connectivity index (χ1n) is 7.46. The molecule has 0 aliphatic carbocycles. The van der Waals surface area contributed by atoms with Crippen LogP contribution in [0.5, 0.6) is 23.0 Å². The van der Waals surface area contributed by atoms with Crippen LogP contribution >= 0.6 is 0 Å². The molecule has 3 N–H and O–H groups in total. The highest BCUT2D eigenvalue weighted by atomic mass is 16.5. The van der Waals surface area contributed by atoms with Crippen molar-refractivity contribution in [2.45, 2.75) is 27.7 Å². The van der Waals surface area contributed by atoms with Crippen LogP contribution in [0.1, 0.15) is 40.9 Å². The second-order valence-corrected chi connectivity index (χ2v) is 5.64. The Bertz CT molecular complexity index is 811. The number of phenols is 3. The van der Waals surface area contributed by atoms with Crippen molar-refractivity contribution in [3.8, 4) is 23.0 Å². The van der Waals surface area contributed by atoms with E-state index in [4.69, 9.17) is 4.74 Å². The molecule has 126 valence electrons. The van der Waals surface area contributed by atoms with Crippen LogP contribution in [0.25, 0.3) is 5.57 Å². The molecule has 0 aromatic heterocycles. The summed E-state index contributed by atoms with van der Waals surface area (Å²) >= 11 is 0. The Balaban J connectivity index is 2.45. The number of phenolic OH excluding ortho intramolecular Hbond substituents is 3. The number of hydrogen-bond acceptors (Lipinski definition) is 5. The van der Waals surface area contributed by atoms with Crippen LogP contribution in [0.3, 0.4) is 0 Å². The lowest BCUT2D eigenvalue weighted by Gasteiger charge is -2.13. The zero-order chi connectivity index (χ0) is 18.0. The Morgan fingerprint density at radius 2 is 1.71 bits per heavy atom. The monoisotopic (exact) mass is 328 g/mol. The molecule has 2 aromatic carbocycles. The van der Waals surface area contributed by atoms with Crippen molar-refractivity contribution in [3.05, 3.63) is 52.6 Å². The van der Waals surface area contributed by atoms with Gasteiger partial charge in [-0.2, -0.15) is 0 Å². The minimum atomic E-state index is -0.761. The molecule has 24 heavy (non-hydrogen) atoms. The van der Waals surface area contributed by atoms with Gasteiger partial charge in [-0.1, -0.05) is 6.08 Å². The van der Waals surface area contributed by atoms with Crippen LogP contribution < -0.4 is 4.74 Å². The average molecular weight is 328 g/mol. The number of allylic oxidation sites excluding steroid dienone is 2. The lowest BCUT2D eigenvalue weighted by molar-refractivity contribution is 0.0729. The van der Waals surface area contributed by atoms with Gasteiger partial charge in [-0.15, -0.1) is 0 Å². The quantitative estimate of drug-likeness (QED) is 0.584. The first-order chi connectivity index (χ1) is 11.2. The molecule has 0 spiro atoms. The van der Waals surface area contributed by atoms with E-state index >= 15 is 0 Å². The molecule has 5 nitrogen and oxygen atoms in total. The molecule has 2 rings (SSSR count). The number of hydrogen-bond donors (Lipinski definition) is 3. The third-order valence-corrected chi connectivity index (χ3v) is 3.93. The van der Waals surface area contributed by atoms with E-state index in [-0.39, 0.29) is 28.6 Å². The standard InChI is InChI=1S/C19H20O5/c1-5-10(2)13-7-15(21)12(4)17(8-13)24-19(23)18-11(3)6-14(20)9-16(18)22/h5-9,20-22H,1-4H3. The van der Waals surface area contributed by atoms with Crippen LogP contribution in [0.4, 0.5) is 0 Å². The Hall–Kier alpha value is -2.95. The number of esters is 1. The summed E-state index contributed by atoms with van der Waals surface area (Å²) in [6.07, 6.45) is 1.88. The first-order valence-corrected chi connectivity index (χ1v) is 7.46. The summed E-state index contributed by atoms with van der Waals surface area (Å²) in [4.78, 5) is 12.4. The highest BCUT2D eigenvalue weighted by molar-refractivity contribution is 5.96. The van der Waals surface area contributed by atoms with Crippen LogP contribution in [-0.4, -0.2) is 21.3 Å². The summed E-state index contributed by atoms with van der Waals surface area (Å²) in [5.74, 6) is -1.03. The van der Waals surface area contributed by atoms with E-state index in [0.29, 0.717) is 11.1 Å². The van der Waals surface area contributed by atoms with Gasteiger partial charge in [0.1, 0.15) is 28.6 Å². The topological polar surface area (TPSA) is 87.0 Å². The maximum absolute atomic E-state index is 12.4. The second kappa shape index (κ2) is 6.66. The van der Waals surface area contributed by atoms with Gasteiger partial charge < -0.3 is 20.1 Å². The zero-order valence-corrected chi connectivity index (χ0v) is 14.0. The molecule has 0 saturated heterocycles. The second-order valence-electron chi connectivity index (χ2n) is 5.64. The Labute approximate surface area is 140 Å². The van der Waals surface area contributed by atoms with Crippen LogP contribution in [0, 0.1) is 13.8 Å². The summed E-state index contributed by atoms with van der Waals surface area (Å²) in [5.41, 5.74) is 2.44. The molecular formula is C19H20O5. The molecule has 0 atom stereocenters. The van der Waals surface area contributed by atoms with Gasteiger partial charge in [-0.05, 0) is 62.6 Å². The first kappa shape index (κ1) is 17.4. The number of ether oxygens (including phenoxy) is 1. The Kier molecular flexibility index (Phi) is 4.83. The summed E-state index contributed by atoms with van der Waals surface area (Å²) in [6, 6.07) is 5.70. The summed E-state index contributed by atoms with van der Waals surface area (Å²) < 4.78 is 5.38. The maximum Gasteiger partial charge on any atom is 0.347 e. The minimum absolute atomic E-state index is 0.0168. The van der Waals surface area contributed by atoms with Gasteiger partial charge in [0.15, 0.2) is 0 Å². The number of aromatic hydroxyl groups is 3. The molecule has 0 heterocycles. The molecule has 0 bridgehead atoms. The number of benzene rings is 2. The average Bonchev–Trinajstić information content (AvgIpc) is 2.49. The van der Waals surface area contributed by atoms with Crippen LogP contribution in [-0.2, 0) is 0 Å². The third kappa shape index (κ3) is 3.35. The fourth-order valence-electron chi connectivity index (χ4n) is 2.34. The van der Waals surface area contributed by atoms with Crippen LogP contribution in [0.15, 0.2) is 30.3 Å². The number of aryl methyl sites for hydroxylation is 1. The normalized spacial score (nSPS) is 11.4. The van der Waals surface area contributed by atoms with Gasteiger partial charge >= 0.3 is 5.97 Å². The minimum Gasteiger partial charge on any atom is -0.508 e. The highest BCUT2D eigenvalue weighted by Gasteiger charge is 2.20. The van der Waals surface area contributed by atoms with Crippen molar-refractivity contribution in [3.63, 3.8) is 0 Å². The lowest BCUT2D eigenvalue weighted by Crippen LogP contribution is -2.11. The van der Waals surface area contributed by atoms with E-state index in [0.717, 1.165) is 17.2 Å². The molecule has 2 aromatic rings. The Morgan fingerprint density at radius 1 is 1.04 bits per heavy atom. The van der Waals surface area contributed by atoms with Crippen molar-refractivity contribution >= 4 is 11.5 Å². The molecular weight excluding hydrogens is 308 g/mol. The Morgan fingerprint density at radius 3 is 2.29 bits per heavy atom. The number of carbonyl (C=O) groups excluding carboxylic acids is 1. The summed E-state index contributed by atoms with van der Waals surface area (Å²) in [5, 5.41) is 29.4. The summed E-state index contributed by atoms with van der Waals surface area (Å²) in [6.45, 7) is 6.97. The maximum atomic E-state index is 12.4. The van der Waals surface area contributed by atoms with E-state index in [9.17, 15) is 20.1 Å². The van der Waals surface area contributed by atoms with Gasteiger partial charge in [0.05, 0.1) is 0 Å². The smallest absolute Gasteiger partial charge is 0.347 e. The molecule has 5 heteroatoms. The predicted octanol–water partition coefficient (Wildman–Crippen LogP) is 4.06. The van der Waals surface area contributed by atoms with Gasteiger partial charge in [0, 0.05) is 11.6 Å². The zero-order valence-electron chi connectivity index (χ0n) is 14.0. The number of carbonyl (C=O) groups is 1. The van der Waals surface area contributed by atoms with Gasteiger partial charge in [-0.25, -0.2) is 4.79 Å². The van der Waals surface area contributed by atoms with Crippen molar-refractivity contribution in [2.24, 2.45) is 0 Å². The molecule has 0 aliphatic heterocycles. The lowest BCUT2D eigenvalue weighted by atomic mass is 10.0. The van der Waals surface area contributed by atoms with Crippen molar-refractivity contribution in [1.29, 1.82) is 0 Å². The van der Waals surface area contributed by atoms with Crippen molar-refractivity contribution in [1.82, 2.24) is 0 Å². The van der Waals surface area contributed by atoms with Gasteiger partial charge in [0.25, 0.3) is 0 Å². The van der Waals surface area contributed by atoms with E-state index in [1.807, 2.05) is 19.9 Å². The van der Waals surface area contributed by atoms with E-state index < -0.39 is 5.97 Å². The van der Waals surface area contributed by atoms with E-state index in [1.54, 1.807) is 26.0 Å². The van der Waals surface area contributed by atoms with Crippen molar-refractivity contribution in [2.75, 3.05) is 0 Å². The number of rotatable bonds is 3. The largest absolute Gasteiger partial charge is 0.508 e. The van der Waals surface area contributed by atoms with Gasteiger partial charge in [0.2, 0.25) is 0 Å². The molecule has 0 amide bonds. The van der Waals surface area contributed by atoms with Crippen molar-refractivity contribution < 1.29 is 24.9 Å². The van der Waals surface area contributed by atoms with Gasteiger partial charge in [-0.3, -0.25) is 0 Å². The highest BCUT2D eigenvalue weighted by Crippen LogP contribution is 2.34. The summed E-state index contributed by atoms with van der Waals surface area (Å²) in [7, 11) is 0. The predicted molar refractivity (Wildman–Crippen MR) is 91.6 cm³/mol. The van der Waals surface area contributed by atoms with E-state index in [2.05, 4.69) is 0 Å². The molecule has 0 aliphatic rings. The molecule has 0 unspecified atom stereocenters. The third-order valence-electron chi connectivity index (χ3n) is 3.93. The van der Waals surface area contributed by atoms with Crippen LogP contribution in [0.2, 0.25) is 0 Å². The fraction of sp³-hybridized carbons (Fsp3) is 0.211. The SMILES string of the molecule is CC=C(C)c1cc(O)c(C)c(OC(=O)c2c(C)cc(O)cc2O)c1. The molecule has 0 fully saturated rings.